The van der Waals surface area contributed by atoms with Gasteiger partial charge in [-0.15, -0.1) is 11.6 Å². The molecule has 0 aliphatic heterocycles. The van der Waals surface area contributed by atoms with Crippen molar-refractivity contribution in [1.29, 1.82) is 0 Å². The highest BCUT2D eigenvalue weighted by atomic mass is 35.5. The zero-order valence-corrected chi connectivity index (χ0v) is 7.90. The smallest absolute Gasteiger partial charge is 0.209 e. The largest absolute Gasteiger partial charge is 0.444 e. The van der Waals surface area contributed by atoms with Crippen LogP contribution in [-0.4, -0.2) is 4.98 Å². The van der Waals surface area contributed by atoms with Crippen molar-refractivity contribution in [3.05, 3.63) is 17.8 Å². The minimum absolute atomic E-state index is 0.317. The van der Waals surface area contributed by atoms with Gasteiger partial charge in [0, 0.05) is 5.41 Å². The van der Waals surface area contributed by atoms with Crippen molar-refractivity contribution >= 4 is 11.6 Å². The molecule has 1 heterocycles. The lowest BCUT2D eigenvalue weighted by Gasteiger charge is -2.05. The predicted octanol–water partition coefficient (Wildman–Crippen LogP) is 2.86. The van der Waals surface area contributed by atoms with Crippen molar-refractivity contribution in [2.45, 2.75) is 37.5 Å². The fourth-order valence-electron chi connectivity index (χ4n) is 1.54. The van der Waals surface area contributed by atoms with Crippen LogP contribution in [0.1, 0.15) is 37.8 Å². The molecule has 1 aromatic rings. The first kappa shape index (κ1) is 8.11. The molecule has 0 amide bonds. The molecule has 1 fully saturated rings. The number of halogens is 1. The molecule has 2 rings (SSSR count). The maximum absolute atomic E-state index is 5.60. The van der Waals surface area contributed by atoms with Crippen LogP contribution in [-0.2, 0) is 11.3 Å². The predicted molar refractivity (Wildman–Crippen MR) is 47.3 cm³/mol. The van der Waals surface area contributed by atoms with Gasteiger partial charge in [0.05, 0.1) is 12.1 Å². The summed E-state index contributed by atoms with van der Waals surface area (Å²) < 4.78 is 5.51. The minimum atomic E-state index is 0.317. The third-order valence-electron chi connectivity index (χ3n) is 2.72. The molecule has 2 nitrogen and oxygen atoms in total. The van der Waals surface area contributed by atoms with Gasteiger partial charge >= 0.3 is 0 Å². The lowest BCUT2D eigenvalue weighted by atomic mass is 10.0. The fourth-order valence-corrected chi connectivity index (χ4v) is 1.67. The van der Waals surface area contributed by atoms with Gasteiger partial charge in [0.25, 0.3) is 0 Å². The van der Waals surface area contributed by atoms with Gasteiger partial charge in [0.2, 0.25) is 5.89 Å². The molecule has 0 saturated heterocycles. The summed E-state index contributed by atoms with van der Waals surface area (Å²) in [7, 11) is 0. The Morgan fingerprint density at radius 1 is 1.67 bits per heavy atom. The molecule has 1 saturated carbocycles. The average Bonchev–Trinajstić information content (AvgIpc) is 2.77. The molecule has 1 aliphatic carbocycles. The van der Waals surface area contributed by atoms with E-state index in [9.17, 15) is 0 Å². The lowest BCUT2D eigenvalue weighted by Crippen LogP contribution is -2.01. The summed E-state index contributed by atoms with van der Waals surface area (Å²) in [6.07, 6.45) is 5.44. The number of oxazole rings is 1. The number of hydrogen-bond acceptors (Lipinski definition) is 2. The first-order valence-electron chi connectivity index (χ1n) is 4.32. The third-order valence-corrected chi connectivity index (χ3v) is 2.95. The van der Waals surface area contributed by atoms with Gasteiger partial charge in [0.1, 0.15) is 5.76 Å². The van der Waals surface area contributed by atoms with E-state index in [1.807, 2.05) is 6.20 Å². The molecule has 1 aliphatic rings. The van der Waals surface area contributed by atoms with E-state index >= 15 is 0 Å². The number of rotatable bonds is 3. The summed E-state index contributed by atoms with van der Waals surface area (Å²) in [6.45, 7) is 2.19. The zero-order valence-electron chi connectivity index (χ0n) is 7.14. The summed E-state index contributed by atoms with van der Waals surface area (Å²) in [4.78, 5) is 4.09. The highest BCUT2D eigenvalue weighted by Crippen LogP contribution is 2.50. The monoisotopic (exact) mass is 185 g/mol. The lowest BCUT2D eigenvalue weighted by molar-refractivity contribution is 0.418. The Kier molecular flexibility index (Phi) is 1.87. The molecule has 0 radical (unpaired) electrons. The maximum atomic E-state index is 5.60. The highest BCUT2D eigenvalue weighted by molar-refractivity contribution is 6.16. The third kappa shape index (κ3) is 1.14. The standard InChI is InChI=1S/C9H12ClNO/c1-2-9(3-4-9)7-6-11-8(5-10)12-7/h6H,2-5H2,1H3. The summed E-state index contributed by atoms with van der Waals surface area (Å²) in [5.41, 5.74) is 0.317. The van der Waals surface area contributed by atoms with E-state index in [1.165, 1.54) is 12.8 Å². The summed E-state index contributed by atoms with van der Waals surface area (Å²) in [5, 5.41) is 0. The Labute approximate surface area is 76.9 Å². The van der Waals surface area contributed by atoms with E-state index in [4.69, 9.17) is 16.0 Å². The summed E-state index contributed by atoms with van der Waals surface area (Å²) in [5.74, 6) is 2.05. The summed E-state index contributed by atoms with van der Waals surface area (Å²) >= 11 is 5.60. The van der Waals surface area contributed by atoms with E-state index in [0.717, 1.165) is 12.2 Å². The number of nitrogens with zero attached hydrogens (tertiary/aromatic N) is 1. The van der Waals surface area contributed by atoms with E-state index in [2.05, 4.69) is 11.9 Å². The Balaban J connectivity index is 2.23. The van der Waals surface area contributed by atoms with Gasteiger partial charge in [0.15, 0.2) is 0 Å². The summed E-state index contributed by atoms with van der Waals surface area (Å²) in [6, 6.07) is 0. The Morgan fingerprint density at radius 3 is 2.83 bits per heavy atom. The molecular weight excluding hydrogens is 174 g/mol. The van der Waals surface area contributed by atoms with Gasteiger partial charge in [-0.1, -0.05) is 6.92 Å². The quantitative estimate of drug-likeness (QED) is 0.677. The second-order valence-electron chi connectivity index (χ2n) is 3.39. The minimum Gasteiger partial charge on any atom is -0.444 e. The van der Waals surface area contributed by atoms with Crippen molar-refractivity contribution in [1.82, 2.24) is 4.98 Å². The second kappa shape index (κ2) is 2.77. The molecule has 0 aromatic carbocycles. The van der Waals surface area contributed by atoms with E-state index < -0.39 is 0 Å². The van der Waals surface area contributed by atoms with Crippen molar-refractivity contribution in [2.75, 3.05) is 0 Å². The number of hydrogen-bond donors (Lipinski definition) is 0. The Bertz CT molecular complexity index is 278. The molecule has 0 N–H and O–H groups in total. The van der Waals surface area contributed by atoms with E-state index in [-0.39, 0.29) is 0 Å². The van der Waals surface area contributed by atoms with E-state index in [1.54, 1.807) is 0 Å². The van der Waals surface area contributed by atoms with Crippen molar-refractivity contribution in [3.63, 3.8) is 0 Å². The topological polar surface area (TPSA) is 26.0 Å². The van der Waals surface area contributed by atoms with Crippen LogP contribution in [0.3, 0.4) is 0 Å². The number of alkyl halides is 1. The number of aromatic nitrogens is 1. The van der Waals surface area contributed by atoms with Gasteiger partial charge in [-0.2, -0.15) is 0 Å². The van der Waals surface area contributed by atoms with Crippen LogP contribution in [0, 0.1) is 0 Å². The van der Waals surface area contributed by atoms with Crippen LogP contribution in [0.5, 0.6) is 0 Å². The SMILES string of the molecule is CCC1(c2cnc(CCl)o2)CC1. The first-order valence-corrected chi connectivity index (χ1v) is 4.85. The van der Waals surface area contributed by atoms with Crippen LogP contribution >= 0.6 is 11.6 Å². The van der Waals surface area contributed by atoms with Gasteiger partial charge in [-0.25, -0.2) is 4.98 Å². The molecule has 0 unspecified atom stereocenters. The molecule has 0 atom stereocenters. The van der Waals surface area contributed by atoms with Crippen LogP contribution in [0.2, 0.25) is 0 Å². The highest BCUT2D eigenvalue weighted by Gasteiger charge is 2.45. The van der Waals surface area contributed by atoms with Crippen molar-refractivity contribution < 1.29 is 4.42 Å². The molecule has 0 spiro atoms. The first-order chi connectivity index (χ1) is 5.80. The molecule has 0 bridgehead atoms. The normalized spacial score (nSPS) is 19.5. The Hall–Kier alpha value is -0.500. The second-order valence-corrected chi connectivity index (χ2v) is 3.65. The maximum Gasteiger partial charge on any atom is 0.209 e. The zero-order chi connectivity index (χ0) is 8.60. The molecule has 66 valence electrons. The molecule has 3 heteroatoms. The van der Waals surface area contributed by atoms with Crippen LogP contribution in [0.4, 0.5) is 0 Å². The van der Waals surface area contributed by atoms with Crippen LogP contribution in [0.25, 0.3) is 0 Å². The van der Waals surface area contributed by atoms with Gasteiger partial charge in [-0.3, -0.25) is 0 Å². The van der Waals surface area contributed by atoms with Gasteiger partial charge in [-0.05, 0) is 19.3 Å². The van der Waals surface area contributed by atoms with Crippen molar-refractivity contribution in [3.8, 4) is 0 Å². The van der Waals surface area contributed by atoms with Crippen LogP contribution in [0.15, 0.2) is 10.6 Å². The molecule has 12 heavy (non-hydrogen) atoms. The van der Waals surface area contributed by atoms with Gasteiger partial charge < -0.3 is 4.42 Å². The molecule has 1 aromatic heterocycles. The van der Waals surface area contributed by atoms with Crippen LogP contribution < -0.4 is 0 Å². The van der Waals surface area contributed by atoms with E-state index in [0.29, 0.717) is 17.2 Å². The molecular formula is C9H12ClNO. The fraction of sp³-hybridized carbons (Fsp3) is 0.667. The Morgan fingerprint density at radius 2 is 2.42 bits per heavy atom. The van der Waals surface area contributed by atoms with Crippen molar-refractivity contribution in [2.24, 2.45) is 0 Å². The average molecular weight is 186 g/mol.